The molecule has 0 aliphatic rings. The van der Waals surface area contributed by atoms with Gasteiger partial charge in [-0.1, -0.05) is 34.1 Å². The van der Waals surface area contributed by atoms with E-state index >= 15 is 0 Å². The van der Waals surface area contributed by atoms with Crippen molar-refractivity contribution in [3.8, 4) is 0 Å². The standard InChI is InChI=1S/C15H34N2S/c1-7-13(4)10-15(9-3,12-16)17(5)14(8-2)11-18-6/h13-14H,7-12,16H2,1-6H3. The quantitative estimate of drug-likeness (QED) is 0.660. The smallest absolute Gasteiger partial charge is 0.0331 e. The fourth-order valence-corrected chi connectivity index (χ4v) is 3.63. The van der Waals surface area contributed by atoms with Gasteiger partial charge in [0.1, 0.15) is 0 Å². The highest BCUT2D eigenvalue weighted by Gasteiger charge is 2.35. The number of likely N-dealkylation sites (N-methyl/N-ethyl adjacent to an activating group) is 1. The number of hydrogen-bond donors (Lipinski definition) is 1. The third-order valence-electron chi connectivity index (χ3n) is 4.59. The first-order valence-electron chi connectivity index (χ1n) is 7.43. The number of hydrogen-bond acceptors (Lipinski definition) is 3. The van der Waals surface area contributed by atoms with E-state index < -0.39 is 0 Å². The molecule has 0 saturated heterocycles. The molecule has 2 N–H and O–H groups in total. The van der Waals surface area contributed by atoms with Crippen molar-refractivity contribution in [3.05, 3.63) is 0 Å². The Kier molecular flexibility index (Phi) is 9.36. The molecule has 0 amide bonds. The summed E-state index contributed by atoms with van der Waals surface area (Å²) in [7, 11) is 2.28. The van der Waals surface area contributed by atoms with Crippen LogP contribution < -0.4 is 5.73 Å². The van der Waals surface area contributed by atoms with Gasteiger partial charge in [0.15, 0.2) is 0 Å². The fraction of sp³-hybridized carbons (Fsp3) is 1.00. The summed E-state index contributed by atoms with van der Waals surface area (Å²) in [6.07, 6.45) is 7.02. The van der Waals surface area contributed by atoms with Gasteiger partial charge in [0.25, 0.3) is 0 Å². The largest absolute Gasteiger partial charge is 0.329 e. The molecule has 0 radical (unpaired) electrons. The van der Waals surface area contributed by atoms with E-state index in [0.29, 0.717) is 6.04 Å². The van der Waals surface area contributed by atoms with Crippen LogP contribution in [0.3, 0.4) is 0 Å². The first-order chi connectivity index (χ1) is 8.51. The van der Waals surface area contributed by atoms with E-state index in [1.54, 1.807) is 0 Å². The number of thioether (sulfide) groups is 1. The van der Waals surface area contributed by atoms with Crippen molar-refractivity contribution < 1.29 is 0 Å². The lowest BCUT2D eigenvalue weighted by Gasteiger charge is -2.46. The topological polar surface area (TPSA) is 29.3 Å². The summed E-state index contributed by atoms with van der Waals surface area (Å²) >= 11 is 1.94. The van der Waals surface area contributed by atoms with E-state index in [2.05, 4.69) is 45.9 Å². The summed E-state index contributed by atoms with van der Waals surface area (Å²) in [5.74, 6) is 1.96. The van der Waals surface area contributed by atoms with Crippen molar-refractivity contribution in [1.29, 1.82) is 0 Å². The summed E-state index contributed by atoms with van der Waals surface area (Å²) in [5.41, 5.74) is 6.35. The molecule has 0 bridgehead atoms. The summed E-state index contributed by atoms with van der Waals surface area (Å²) in [6, 6.07) is 0.646. The molecule has 0 aromatic heterocycles. The van der Waals surface area contributed by atoms with Crippen LogP contribution in [0.4, 0.5) is 0 Å². The van der Waals surface area contributed by atoms with Crippen molar-refractivity contribution in [2.24, 2.45) is 11.7 Å². The van der Waals surface area contributed by atoms with E-state index in [1.165, 1.54) is 25.0 Å². The highest BCUT2D eigenvalue weighted by atomic mass is 32.2. The van der Waals surface area contributed by atoms with Crippen LogP contribution in [0.1, 0.15) is 53.4 Å². The lowest BCUT2D eigenvalue weighted by Crippen LogP contribution is -2.57. The van der Waals surface area contributed by atoms with E-state index in [9.17, 15) is 0 Å². The second-order valence-corrected chi connectivity index (χ2v) is 6.54. The maximum Gasteiger partial charge on any atom is 0.0331 e. The molecule has 18 heavy (non-hydrogen) atoms. The van der Waals surface area contributed by atoms with Gasteiger partial charge < -0.3 is 5.73 Å². The minimum Gasteiger partial charge on any atom is -0.329 e. The van der Waals surface area contributed by atoms with Gasteiger partial charge in [0, 0.05) is 23.9 Å². The molecule has 3 unspecified atom stereocenters. The van der Waals surface area contributed by atoms with Gasteiger partial charge in [-0.15, -0.1) is 0 Å². The molecule has 0 aromatic rings. The van der Waals surface area contributed by atoms with E-state index in [1.807, 2.05) is 11.8 Å². The molecule has 0 saturated carbocycles. The van der Waals surface area contributed by atoms with E-state index in [0.717, 1.165) is 18.9 Å². The Labute approximate surface area is 119 Å². The van der Waals surface area contributed by atoms with Crippen molar-refractivity contribution in [2.45, 2.75) is 65.0 Å². The van der Waals surface area contributed by atoms with Crippen molar-refractivity contribution in [1.82, 2.24) is 4.90 Å². The normalized spacial score (nSPS) is 18.7. The van der Waals surface area contributed by atoms with Gasteiger partial charge in [-0.05, 0) is 38.5 Å². The molecule has 0 fully saturated rings. The monoisotopic (exact) mass is 274 g/mol. The van der Waals surface area contributed by atoms with Gasteiger partial charge in [0.2, 0.25) is 0 Å². The Morgan fingerprint density at radius 3 is 2.17 bits per heavy atom. The molecular weight excluding hydrogens is 240 g/mol. The fourth-order valence-electron chi connectivity index (χ4n) is 2.79. The van der Waals surface area contributed by atoms with Crippen LogP contribution in [0, 0.1) is 5.92 Å². The van der Waals surface area contributed by atoms with Gasteiger partial charge in [-0.2, -0.15) is 11.8 Å². The van der Waals surface area contributed by atoms with Crippen LogP contribution >= 0.6 is 11.8 Å². The van der Waals surface area contributed by atoms with Crippen molar-refractivity contribution in [2.75, 3.05) is 25.6 Å². The van der Waals surface area contributed by atoms with E-state index in [-0.39, 0.29) is 5.54 Å². The summed E-state index contributed by atoms with van der Waals surface area (Å²) in [5, 5.41) is 0. The number of nitrogens with zero attached hydrogens (tertiary/aromatic N) is 1. The predicted octanol–water partition coefficient (Wildman–Crippen LogP) is 3.60. The third kappa shape index (κ3) is 4.75. The maximum absolute atomic E-state index is 6.16. The van der Waals surface area contributed by atoms with Crippen LogP contribution in [0.2, 0.25) is 0 Å². The first kappa shape index (κ1) is 18.3. The summed E-state index contributed by atoms with van der Waals surface area (Å²) in [6.45, 7) is 9.98. The second kappa shape index (κ2) is 9.22. The Bertz CT molecular complexity index is 205. The van der Waals surface area contributed by atoms with Gasteiger partial charge in [0.05, 0.1) is 0 Å². The Hall–Kier alpha value is 0.270. The molecule has 0 aromatic carbocycles. The summed E-state index contributed by atoms with van der Waals surface area (Å²) in [4.78, 5) is 2.58. The molecule has 0 heterocycles. The molecule has 0 rings (SSSR count). The van der Waals surface area contributed by atoms with Crippen LogP contribution in [0.15, 0.2) is 0 Å². The molecule has 0 aliphatic heterocycles. The Morgan fingerprint density at radius 2 is 1.83 bits per heavy atom. The van der Waals surface area contributed by atoms with Crippen molar-refractivity contribution in [3.63, 3.8) is 0 Å². The SMILES string of the molecule is CCC(C)CC(CC)(CN)N(C)C(CC)CSC. The lowest BCUT2D eigenvalue weighted by molar-refractivity contribution is 0.0583. The second-order valence-electron chi connectivity index (χ2n) is 5.63. The van der Waals surface area contributed by atoms with Crippen LogP contribution in [0.25, 0.3) is 0 Å². The first-order valence-corrected chi connectivity index (χ1v) is 8.82. The Balaban J connectivity index is 4.93. The average molecular weight is 275 g/mol. The molecule has 0 aliphatic carbocycles. The van der Waals surface area contributed by atoms with Crippen LogP contribution in [0.5, 0.6) is 0 Å². The Morgan fingerprint density at radius 1 is 1.22 bits per heavy atom. The van der Waals surface area contributed by atoms with Crippen molar-refractivity contribution >= 4 is 11.8 Å². The number of rotatable bonds is 10. The molecule has 110 valence electrons. The molecule has 3 atom stereocenters. The third-order valence-corrected chi connectivity index (χ3v) is 5.31. The van der Waals surface area contributed by atoms with Crippen LogP contribution in [-0.4, -0.2) is 42.1 Å². The zero-order chi connectivity index (χ0) is 14.2. The predicted molar refractivity (Wildman–Crippen MR) is 86.4 cm³/mol. The van der Waals surface area contributed by atoms with Crippen LogP contribution in [-0.2, 0) is 0 Å². The highest BCUT2D eigenvalue weighted by molar-refractivity contribution is 7.98. The average Bonchev–Trinajstić information content (AvgIpc) is 2.41. The minimum absolute atomic E-state index is 0.186. The lowest BCUT2D eigenvalue weighted by atomic mass is 9.82. The van der Waals surface area contributed by atoms with Gasteiger partial charge >= 0.3 is 0 Å². The highest BCUT2D eigenvalue weighted by Crippen LogP contribution is 2.30. The minimum atomic E-state index is 0.186. The maximum atomic E-state index is 6.16. The van der Waals surface area contributed by atoms with E-state index in [4.69, 9.17) is 5.73 Å². The van der Waals surface area contributed by atoms with Gasteiger partial charge in [-0.25, -0.2) is 0 Å². The molecule has 2 nitrogen and oxygen atoms in total. The molecular formula is C15H34N2S. The zero-order valence-corrected chi connectivity index (χ0v) is 14.1. The molecule has 0 spiro atoms. The summed E-state index contributed by atoms with van der Waals surface area (Å²) < 4.78 is 0. The zero-order valence-electron chi connectivity index (χ0n) is 13.3. The number of nitrogens with two attached hydrogens (primary N) is 1. The van der Waals surface area contributed by atoms with Gasteiger partial charge in [-0.3, -0.25) is 4.90 Å². The molecule has 3 heteroatoms.